The molecule has 0 N–H and O–H groups in total. The van der Waals surface area contributed by atoms with Crippen LogP contribution in [-0.4, -0.2) is 66.6 Å². The Morgan fingerprint density at radius 3 is 2.92 bits per heavy atom. The minimum absolute atomic E-state index is 0.0439. The number of aromatic nitrogens is 1. The van der Waals surface area contributed by atoms with Crippen LogP contribution in [-0.2, 0) is 4.74 Å². The molecule has 4 rings (SSSR count). The maximum absolute atomic E-state index is 12.9. The molecule has 2 fully saturated rings. The summed E-state index contributed by atoms with van der Waals surface area (Å²) in [7, 11) is 0. The number of rotatable bonds is 4. The minimum Gasteiger partial charge on any atom is -0.459 e. The van der Waals surface area contributed by atoms with Gasteiger partial charge in [-0.05, 0) is 37.8 Å². The van der Waals surface area contributed by atoms with Crippen LogP contribution < -0.4 is 0 Å². The number of furan rings is 1. The van der Waals surface area contributed by atoms with E-state index in [1.54, 1.807) is 0 Å². The summed E-state index contributed by atoms with van der Waals surface area (Å²) >= 11 is 1.46. The second kappa shape index (κ2) is 7.90. The molecule has 7 heteroatoms. The summed E-state index contributed by atoms with van der Waals surface area (Å²) in [6.07, 6.45) is 2.25. The van der Waals surface area contributed by atoms with E-state index < -0.39 is 0 Å². The van der Waals surface area contributed by atoms with Crippen LogP contribution in [0.15, 0.2) is 21.9 Å². The van der Waals surface area contributed by atoms with Crippen LogP contribution >= 0.6 is 11.3 Å². The van der Waals surface area contributed by atoms with Gasteiger partial charge in [0.15, 0.2) is 10.8 Å². The molecule has 2 aliphatic heterocycles. The molecule has 2 aliphatic rings. The molecule has 4 heterocycles. The SMILES string of the molecule is Cc1ccc(-c2nc(C(=O)N3CCC[C@H](CN4CCOCC4)C3)cs2)o1. The van der Waals surface area contributed by atoms with Crippen molar-refractivity contribution in [1.82, 2.24) is 14.8 Å². The first-order valence-corrected chi connectivity index (χ1v) is 10.2. The number of ether oxygens (including phenoxy) is 1. The zero-order chi connectivity index (χ0) is 17.9. The zero-order valence-electron chi connectivity index (χ0n) is 15.1. The van der Waals surface area contributed by atoms with Crippen LogP contribution in [0.2, 0.25) is 0 Å². The highest BCUT2D eigenvalue weighted by Gasteiger charge is 2.27. The number of carbonyl (C=O) groups excluding carboxylic acids is 1. The van der Waals surface area contributed by atoms with E-state index in [1.807, 2.05) is 29.3 Å². The predicted molar refractivity (Wildman–Crippen MR) is 100 cm³/mol. The molecule has 1 amide bonds. The Morgan fingerprint density at radius 1 is 1.31 bits per heavy atom. The zero-order valence-corrected chi connectivity index (χ0v) is 16.0. The van der Waals surface area contributed by atoms with Gasteiger partial charge in [0.2, 0.25) is 0 Å². The van der Waals surface area contributed by atoms with Crippen LogP contribution in [0.4, 0.5) is 0 Å². The fourth-order valence-corrected chi connectivity index (χ4v) is 4.50. The lowest BCUT2D eigenvalue weighted by Crippen LogP contribution is -2.46. The van der Waals surface area contributed by atoms with E-state index in [-0.39, 0.29) is 5.91 Å². The fourth-order valence-electron chi connectivity index (χ4n) is 3.74. The van der Waals surface area contributed by atoms with E-state index in [2.05, 4.69) is 9.88 Å². The largest absolute Gasteiger partial charge is 0.459 e. The summed E-state index contributed by atoms with van der Waals surface area (Å²) in [5.41, 5.74) is 0.533. The van der Waals surface area contributed by atoms with Crippen molar-refractivity contribution in [1.29, 1.82) is 0 Å². The van der Waals surface area contributed by atoms with E-state index in [9.17, 15) is 4.79 Å². The third-order valence-corrected chi connectivity index (χ3v) is 5.96. The number of aryl methyl sites for hydroxylation is 1. The van der Waals surface area contributed by atoms with Crippen molar-refractivity contribution < 1.29 is 13.9 Å². The van der Waals surface area contributed by atoms with E-state index in [0.29, 0.717) is 11.6 Å². The smallest absolute Gasteiger partial charge is 0.273 e. The van der Waals surface area contributed by atoms with Crippen molar-refractivity contribution in [3.05, 3.63) is 29.0 Å². The fraction of sp³-hybridized carbons (Fsp3) is 0.579. The summed E-state index contributed by atoms with van der Waals surface area (Å²) in [5.74, 6) is 2.17. The van der Waals surface area contributed by atoms with Crippen molar-refractivity contribution in [2.24, 2.45) is 5.92 Å². The molecule has 0 spiro atoms. The maximum atomic E-state index is 12.9. The molecule has 0 aromatic carbocycles. The number of hydrogen-bond donors (Lipinski definition) is 0. The molecule has 2 saturated heterocycles. The number of piperidine rings is 1. The van der Waals surface area contributed by atoms with E-state index in [1.165, 1.54) is 17.8 Å². The van der Waals surface area contributed by atoms with Gasteiger partial charge in [-0.25, -0.2) is 4.98 Å². The van der Waals surface area contributed by atoms with Crippen molar-refractivity contribution in [2.75, 3.05) is 45.9 Å². The lowest BCUT2D eigenvalue weighted by molar-refractivity contribution is 0.0223. The molecular formula is C19H25N3O3S. The normalized spacial score (nSPS) is 21.9. The first kappa shape index (κ1) is 17.7. The molecule has 0 bridgehead atoms. The van der Waals surface area contributed by atoms with Crippen LogP contribution in [0, 0.1) is 12.8 Å². The number of morpholine rings is 1. The average molecular weight is 375 g/mol. The number of nitrogens with zero attached hydrogens (tertiary/aromatic N) is 3. The van der Waals surface area contributed by atoms with E-state index in [4.69, 9.17) is 9.15 Å². The van der Waals surface area contributed by atoms with Gasteiger partial charge in [-0.2, -0.15) is 0 Å². The second-order valence-electron chi connectivity index (χ2n) is 7.12. The van der Waals surface area contributed by atoms with Gasteiger partial charge in [0.05, 0.1) is 13.2 Å². The number of thiazole rings is 1. The average Bonchev–Trinajstić information content (AvgIpc) is 3.31. The number of amides is 1. The highest BCUT2D eigenvalue weighted by molar-refractivity contribution is 7.13. The minimum atomic E-state index is 0.0439. The lowest BCUT2D eigenvalue weighted by Gasteiger charge is -2.36. The first-order chi connectivity index (χ1) is 12.7. The van der Waals surface area contributed by atoms with Crippen molar-refractivity contribution in [2.45, 2.75) is 19.8 Å². The van der Waals surface area contributed by atoms with Crippen molar-refractivity contribution >= 4 is 17.2 Å². The number of carbonyl (C=O) groups is 1. The topological polar surface area (TPSA) is 58.8 Å². The number of likely N-dealkylation sites (tertiary alicyclic amines) is 1. The Hall–Kier alpha value is -1.70. The molecule has 6 nitrogen and oxygen atoms in total. The van der Waals surface area contributed by atoms with Crippen LogP contribution in [0.3, 0.4) is 0 Å². The monoisotopic (exact) mass is 375 g/mol. The molecule has 26 heavy (non-hydrogen) atoms. The summed E-state index contributed by atoms with van der Waals surface area (Å²) in [4.78, 5) is 21.8. The summed E-state index contributed by atoms with van der Waals surface area (Å²) in [6.45, 7) is 8.26. The predicted octanol–water partition coefficient (Wildman–Crippen LogP) is 2.90. The van der Waals surface area contributed by atoms with Gasteiger partial charge in [-0.1, -0.05) is 0 Å². The third kappa shape index (κ3) is 4.00. The molecular weight excluding hydrogens is 350 g/mol. The summed E-state index contributed by atoms with van der Waals surface area (Å²) < 4.78 is 11.0. The van der Waals surface area contributed by atoms with Crippen molar-refractivity contribution in [3.63, 3.8) is 0 Å². The molecule has 0 saturated carbocycles. The molecule has 2 aromatic heterocycles. The van der Waals surface area contributed by atoms with Gasteiger partial charge in [0.1, 0.15) is 11.5 Å². The van der Waals surface area contributed by atoms with Gasteiger partial charge >= 0.3 is 0 Å². The molecule has 2 aromatic rings. The van der Waals surface area contributed by atoms with Gasteiger partial charge < -0.3 is 14.1 Å². The molecule has 0 aliphatic carbocycles. The second-order valence-corrected chi connectivity index (χ2v) is 7.98. The van der Waals surface area contributed by atoms with Crippen molar-refractivity contribution in [3.8, 4) is 10.8 Å². The summed E-state index contributed by atoms with van der Waals surface area (Å²) in [5, 5.41) is 2.62. The molecule has 140 valence electrons. The van der Waals surface area contributed by atoms with Crippen LogP contribution in [0.25, 0.3) is 10.8 Å². The van der Waals surface area contributed by atoms with Crippen LogP contribution in [0.5, 0.6) is 0 Å². The molecule has 1 atom stereocenters. The van der Waals surface area contributed by atoms with Crippen LogP contribution in [0.1, 0.15) is 29.1 Å². The van der Waals surface area contributed by atoms with E-state index in [0.717, 1.165) is 68.9 Å². The third-order valence-electron chi connectivity index (χ3n) is 5.10. The Morgan fingerprint density at radius 2 is 2.15 bits per heavy atom. The molecule has 0 unspecified atom stereocenters. The maximum Gasteiger partial charge on any atom is 0.273 e. The quantitative estimate of drug-likeness (QED) is 0.822. The van der Waals surface area contributed by atoms with Gasteiger partial charge in [0.25, 0.3) is 5.91 Å². The Labute approximate surface area is 157 Å². The summed E-state index contributed by atoms with van der Waals surface area (Å²) in [6, 6.07) is 3.82. The highest BCUT2D eigenvalue weighted by atomic mass is 32.1. The highest BCUT2D eigenvalue weighted by Crippen LogP contribution is 2.27. The van der Waals surface area contributed by atoms with E-state index >= 15 is 0 Å². The van der Waals surface area contributed by atoms with Gasteiger partial charge in [-0.3, -0.25) is 9.69 Å². The van der Waals surface area contributed by atoms with Gasteiger partial charge in [0, 0.05) is 38.1 Å². The first-order valence-electron chi connectivity index (χ1n) is 9.31. The lowest BCUT2D eigenvalue weighted by atomic mass is 9.97. The van der Waals surface area contributed by atoms with Gasteiger partial charge in [-0.15, -0.1) is 11.3 Å². The Kier molecular flexibility index (Phi) is 5.38. The number of hydrogen-bond acceptors (Lipinski definition) is 6. The Balaban J connectivity index is 1.38. The Bertz CT molecular complexity index is 751. The molecule has 0 radical (unpaired) electrons. The standard InChI is InChI=1S/C19H25N3O3S/c1-14-4-5-17(25-14)18-20-16(13-26-18)19(23)22-6-2-3-15(12-22)11-21-7-9-24-10-8-21/h4-5,13,15H,2-3,6-12H2,1H3/t15-/m1/s1.